The van der Waals surface area contributed by atoms with E-state index in [1.807, 2.05) is 26.8 Å². The van der Waals surface area contributed by atoms with Crippen molar-refractivity contribution in [1.82, 2.24) is 0 Å². The average Bonchev–Trinajstić information content (AvgIpc) is 2.83. The Labute approximate surface area is 234 Å². The van der Waals surface area contributed by atoms with Gasteiger partial charge in [0.2, 0.25) is 0 Å². The zero-order chi connectivity index (χ0) is 26.9. The Morgan fingerprint density at radius 2 is 1.92 bits per heavy atom. The molecule has 37 heavy (non-hydrogen) atoms. The van der Waals surface area contributed by atoms with Gasteiger partial charge in [-0.1, -0.05) is 35.3 Å². The third-order valence-corrected chi connectivity index (χ3v) is 6.03. The van der Waals surface area contributed by atoms with Gasteiger partial charge in [-0.05, 0) is 84.7 Å². The smallest absolute Gasteiger partial charge is 0.266 e. The van der Waals surface area contributed by atoms with Crippen LogP contribution in [0.15, 0.2) is 64.6 Å². The monoisotopic (exact) mass is 602 g/mol. The maximum Gasteiger partial charge on any atom is 0.266 e. The molecule has 192 valence electrons. The van der Waals surface area contributed by atoms with E-state index in [0.29, 0.717) is 49.6 Å². The van der Waals surface area contributed by atoms with Crippen LogP contribution >= 0.6 is 39.1 Å². The van der Waals surface area contributed by atoms with E-state index >= 15 is 0 Å². The highest BCUT2D eigenvalue weighted by atomic mass is 79.9. The third-order valence-electron chi connectivity index (χ3n) is 4.86. The molecule has 3 rings (SSSR count). The van der Waals surface area contributed by atoms with E-state index in [-0.39, 0.29) is 18.3 Å². The number of nitriles is 1. The Morgan fingerprint density at radius 3 is 2.59 bits per heavy atom. The van der Waals surface area contributed by atoms with Gasteiger partial charge in [0.15, 0.2) is 11.5 Å². The lowest BCUT2D eigenvalue weighted by atomic mass is 10.1. The van der Waals surface area contributed by atoms with Crippen LogP contribution in [0.2, 0.25) is 10.0 Å². The fourth-order valence-corrected chi connectivity index (χ4v) is 4.33. The zero-order valence-electron chi connectivity index (χ0n) is 20.5. The summed E-state index contributed by atoms with van der Waals surface area (Å²) in [6.07, 6.45) is 1.48. The molecule has 0 aromatic heterocycles. The minimum Gasteiger partial charge on any atom is -0.491 e. The summed E-state index contributed by atoms with van der Waals surface area (Å²) in [5.41, 5.74) is 1.78. The molecule has 0 spiro atoms. The first-order valence-corrected chi connectivity index (χ1v) is 13.0. The van der Waals surface area contributed by atoms with Crippen LogP contribution in [0.1, 0.15) is 31.9 Å². The van der Waals surface area contributed by atoms with Crippen molar-refractivity contribution in [2.45, 2.75) is 33.5 Å². The van der Waals surface area contributed by atoms with Crippen molar-refractivity contribution < 1.29 is 19.0 Å². The number of rotatable bonds is 10. The predicted molar refractivity (Wildman–Crippen MR) is 151 cm³/mol. The summed E-state index contributed by atoms with van der Waals surface area (Å²) >= 11 is 15.8. The Hall–Kier alpha value is -3.18. The quantitative estimate of drug-likeness (QED) is 0.187. The number of carbonyl (C=O) groups excluding carboxylic acids is 1. The van der Waals surface area contributed by atoms with E-state index in [1.54, 1.807) is 54.6 Å². The van der Waals surface area contributed by atoms with Gasteiger partial charge in [0.25, 0.3) is 5.91 Å². The standard InChI is InChI=1S/C28H25BrCl2N2O4/c1-4-35-26-12-18(11-24(29)27(26)36-16-19-8-9-21(30)13-25(19)31)10-20(15-32)28(34)33-22-6-5-7-23(14-22)37-17(2)3/h5-14,17H,4,16H2,1-3H3,(H,33,34)/b20-10-. The highest BCUT2D eigenvalue weighted by Crippen LogP contribution is 2.38. The van der Waals surface area contributed by atoms with Crippen molar-refractivity contribution in [1.29, 1.82) is 5.26 Å². The molecule has 0 aliphatic rings. The normalized spacial score (nSPS) is 11.1. The number of halogens is 3. The summed E-state index contributed by atoms with van der Waals surface area (Å²) in [6.45, 7) is 6.26. The van der Waals surface area contributed by atoms with E-state index in [2.05, 4.69) is 21.2 Å². The molecule has 0 radical (unpaired) electrons. The fraction of sp³-hybridized carbons (Fsp3) is 0.214. The second-order valence-corrected chi connectivity index (χ2v) is 9.80. The highest BCUT2D eigenvalue weighted by Gasteiger charge is 2.16. The van der Waals surface area contributed by atoms with Crippen molar-refractivity contribution in [2.75, 3.05) is 11.9 Å². The summed E-state index contributed by atoms with van der Waals surface area (Å²) in [4.78, 5) is 12.8. The molecule has 0 aliphatic heterocycles. The van der Waals surface area contributed by atoms with Crippen LogP contribution in [0.5, 0.6) is 17.2 Å². The first-order valence-electron chi connectivity index (χ1n) is 11.4. The summed E-state index contributed by atoms with van der Waals surface area (Å²) in [6, 6.07) is 17.6. The van der Waals surface area contributed by atoms with Gasteiger partial charge in [-0.15, -0.1) is 0 Å². The molecule has 1 amide bonds. The number of nitrogens with one attached hydrogen (secondary N) is 1. The number of anilines is 1. The number of benzene rings is 3. The second-order valence-electron chi connectivity index (χ2n) is 8.11. The summed E-state index contributed by atoms with van der Waals surface area (Å²) in [7, 11) is 0. The molecule has 0 bridgehead atoms. The van der Waals surface area contributed by atoms with Crippen molar-refractivity contribution in [3.05, 3.63) is 85.8 Å². The lowest BCUT2D eigenvalue weighted by Gasteiger charge is -2.15. The minimum atomic E-state index is -0.545. The molecule has 1 N–H and O–H groups in total. The molecule has 3 aromatic carbocycles. The molecule has 0 fully saturated rings. The number of hydrogen-bond acceptors (Lipinski definition) is 5. The summed E-state index contributed by atoms with van der Waals surface area (Å²) in [5.74, 6) is 0.992. The Morgan fingerprint density at radius 1 is 1.14 bits per heavy atom. The maximum absolute atomic E-state index is 12.8. The Balaban J connectivity index is 1.83. The summed E-state index contributed by atoms with van der Waals surface area (Å²) < 4.78 is 18.0. The van der Waals surface area contributed by atoms with Crippen LogP contribution in [0.4, 0.5) is 5.69 Å². The molecule has 0 saturated carbocycles. The van der Waals surface area contributed by atoms with Crippen molar-refractivity contribution >= 4 is 56.8 Å². The lowest BCUT2D eigenvalue weighted by molar-refractivity contribution is -0.112. The third kappa shape index (κ3) is 8.16. The Kier molecular flexibility index (Phi) is 10.3. The predicted octanol–water partition coefficient (Wildman–Crippen LogP) is 8.07. The first kappa shape index (κ1) is 28.4. The number of ether oxygens (including phenoxy) is 3. The van der Waals surface area contributed by atoms with E-state index in [1.165, 1.54) is 6.08 Å². The van der Waals surface area contributed by atoms with Crippen molar-refractivity contribution in [3.8, 4) is 23.3 Å². The number of nitrogens with zero attached hydrogens (tertiary/aromatic N) is 1. The molecular formula is C28H25BrCl2N2O4. The maximum atomic E-state index is 12.8. The van der Waals surface area contributed by atoms with Crippen LogP contribution in [0.3, 0.4) is 0 Å². The number of amides is 1. The van der Waals surface area contributed by atoms with Gasteiger partial charge in [-0.25, -0.2) is 0 Å². The van der Waals surface area contributed by atoms with Gasteiger partial charge in [0.1, 0.15) is 24.0 Å². The van der Waals surface area contributed by atoms with Gasteiger partial charge in [0, 0.05) is 27.4 Å². The van der Waals surface area contributed by atoms with Gasteiger partial charge in [0.05, 0.1) is 17.2 Å². The van der Waals surface area contributed by atoms with E-state index in [0.717, 1.165) is 5.56 Å². The van der Waals surface area contributed by atoms with Crippen molar-refractivity contribution in [3.63, 3.8) is 0 Å². The minimum absolute atomic E-state index is 0.00590. The van der Waals surface area contributed by atoms with Gasteiger partial charge in [-0.2, -0.15) is 5.26 Å². The molecule has 0 saturated heterocycles. The summed E-state index contributed by atoms with van der Waals surface area (Å²) in [5, 5.41) is 13.4. The first-order chi connectivity index (χ1) is 17.7. The highest BCUT2D eigenvalue weighted by molar-refractivity contribution is 9.10. The molecule has 0 unspecified atom stereocenters. The van der Waals surface area contributed by atoms with Crippen LogP contribution in [0.25, 0.3) is 6.08 Å². The van der Waals surface area contributed by atoms with Crippen molar-refractivity contribution in [2.24, 2.45) is 0 Å². The molecule has 0 atom stereocenters. The van der Waals surface area contributed by atoms with Gasteiger partial charge in [-0.3, -0.25) is 4.79 Å². The van der Waals surface area contributed by atoms with Crippen LogP contribution in [-0.2, 0) is 11.4 Å². The number of hydrogen-bond donors (Lipinski definition) is 1. The second kappa shape index (κ2) is 13.4. The van der Waals surface area contributed by atoms with Crippen LogP contribution < -0.4 is 19.5 Å². The SMILES string of the molecule is CCOc1cc(/C=C(/C#N)C(=O)Nc2cccc(OC(C)C)c2)cc(Br)c1OCc1ccc(Cl)cc1Cl. The largest absolute Gasteiger partial charge is 0.491 e. The lowest BCUT2D eigenvalue weighted by Crippen LogP contribution is -2.14. The Bertz CT molecular complexity index is 1350. The van der Waals surface area contributed by atoms with Crippen LogP contribution in [0, 0.1) is 11.3 Å². The fourth-order valence-electron chi connectivity index (χ4n) is 3.30. The number of carbonyl (C=O) groups is 1. The molecule has 6 nitrogen and oxygen atoms in total. The molecule has 9 heteroatoms. The van der Waals surface area contributed by atoms with E-state index in [4.69, 9.17) is 37.4 Å². The average molecular weight is 604 g/mol. The molecule has 3 aromatic rings. The van der Waals surface area contributed by atoms with E-state index in [9.17, 15) is 10.1 Å². The molecular weight excluding hydrogens is 579 g/mol. The topological polar surface area (TPSA) is 80.6 Å². The van der Waals surface area contributed by atoms with E-state index < -0.39 is 5.91 Å². The van der Waals surface area contributed by atoms with Crippen LogP contribution in [-0.4, -0.2) is 18.6 Å². The molecule has 0 heterocycles. The van der Waals surface area contributed by atoms with Gasteiger partial charge >= 0.3 is 0 Å². The molecule has 0 aliphatic carbocycles. The zero-order valence-corrected chi connectivity index (χ0v) is 23.6. The van der Waals surface area contributed by atoms with Gasteiger partial charge < -0.3 is 19.5 Å².